The molecular weight excluding hydrogens is 218 g/mol. The van der Waals surface area contributed by atoms with Gasteiger partial charge in [0.05, 0.1) is 13.2 Å². The number of morpholine rings is 1. The second-order valence-electron chi connectivity index (χ2n) is 4.39. The molecule has 1 aliphatic heterocycles. The second-order valence-corrected chi connectivity index (χ2v) is 4.39. The molecule has 0 saturated carbocycles. The van der Waals surface area contributed by atoms with Gasteiger partial charge in [-0.25, -0.2) is 4.98 Å². The van der Waals surface area contributed by atoms with Crippen LogP contribution in [-0.4, -0.2) is 47.3 Å². The minimum absolute atomic E-state index is 0.0447. The molecule has 17 heavy (non-hydrogen) atoms. The highest BCUT2D eigenvalue weighted by Crippen LogP contribution is 1.98. The van der Waals surface area contributed by atoms with Crippen LogP contribution in [0.25, 0.3) is 0 Å². The van der Waals surface area contributed by atoms with Crippen LogP contribution in [0.15, 0.2) is 10.9 Å². The van der Waals surface area contributed by atoms with Gasteiger partial charge in [0, 0.05) is 37.9 Å². The average molecular weight is 237 g/mol. The Kier molecular flexibility index (Phi) is 3.91. The lowest BCUT2D eigenvalue weighted by atomic mass is 10.4. The number of hydrogen-bond acceptors (Lipinski definition) is 4. The van der Waals surface area contributed by atoms with Gasteiger partial charge in [0.2, 0.25) is 0 Å². The van der Waals surface area contributed by atoms with Crippen molar-refractivity contribution in [3.8, 4) is 0 Å². The molecule has 0 atom stereocenters. The van der Waals surface area contributed by atoms with Crippen molar-refractivity contribution in [3.05, 3.63) is 27.9 Å². The molecule has 0 aliphatic carbocycles. The fourth-order valence-corrected chi connectivity index (χ4v) is 2.10. The maximum absolute atomic E-state index is 11.8. The van der Waals surface area contributed by atoms with E-state index in [4.69, 9.17) is 4.74 Å². The Balaban J connectivity index is 2.01. The van der Waals surface area contributed by atoms with Crippen molar-refractivity contribution < 1.29 is 4.74 Å². The van der Waals surface area contributed by atoms with E-state index in [1.165, 1.54) is 0 Å². The number of rotatable bonds is 3. The lowest BCUT2D eigenvalue weighted by molar-refractivity contribution is 0.0361. The van der Waals surface area contributed by atoms with Crippen molar-refractivity contribution in [2.75, 3.05) is 32.8 Å². The quantitative estimate of drug-likeness (QED) is 0.753. The molecule has 0 aromatic carbocycles. The molecule has 2 heterocycles. The summed E-state index contributed by atoms with van der Waals surface area (Å²) in [4.78, 5) is 18.4. The van der Waals surface area contributed by atoms with Crippen LogP contribution in [0.4, 0.5) is 0 Å². The van der Waals surface area contributed by atoms with Gasteiger partial charge in [0.15, 0.2) is 0 Å². The van der Waals surface area contributed by atoms with Crippen LogP contribution in [-0.2, 0) is 11.3 Å². The van der Waals surface area contributed by atoms with E-state index in [2.05, 4.69) is 9.88 Å². The van der Waals surface area contributed by atoms with Crippen molar-refractivity contribution >= 4 is 0 Å². The average Bonchev–Trinajstić information content (AvgIpc) is 2.29. The van der Waals surface area contributed by atoms with Crippen LogP contribution >= 0.6 is 0 Å². The second kappa shape index (κ2) is 5.42. The Morgan fingerprint density at radius 1 is 1.29 bits per heavy atom. The molecule has 1 fully saturated rings. The Morgan fingerprint density at radius 2 is 2.00 bits per heavy atom. The molecule has 0 unspecified atom stereocenters. The molecule has 94 valence electrons. The fourth-order valence-electron chi connectivity index (χ4n) is 2.10. The van der Waals surface area contributed by atoms with Crippen LogP contribution < -0.4 is 5.56 Å². The molecule has 1 aromatic rings. The molecule has 5 nitrogen and oxygen atoms in total. The zero-order valence-electron chi connectivity index (χ0n) is 10.5. The minimum atomic E-state index is 0.0447. The summed E-state index contributed by atoms with van der Waals surface area (Å²) in [7, 11) is 0. The normalized spacial score (nSPS) is 17.3. The summed E-state index contributed by atoms with van der Waals surface area (Å²) in [5, 5.41) is 0. The topological polar surface area (TPSA) is 47.4 Å². The number of hydrogen-bond donors (Lipinski definition) is 0. The van der Waals surface area contributed by atoms with Gasteiger partial charge in [-0.15, -0.1) is 0 Å². The van der Waals surface area contributed by atoms with Gasteiger partial charge in [-0.05, 0) is 13.8 Å². The smallest absolute Gasteiger partial charge is 0.253 e. The van der Waals surface area contributed by atoms with Crippen molar-refractivity contribution in [2.24, 2.45) is 0 Å². The first kappa shape index (κ1) is 12.3. The zero-order valence-corrected chi connectivity index (χ0v) is 10.5. The fraction of sp³-hybridized carbons (Fsp3) is 0.667. The van der Waals surface area contributed by atoms with Crippen LogP contribution in [0, 0.1) is 13.8 Å². The van der Waals surface area contributed by atoms with Gasteiger partial charge >= 0.3 is 0 Å². The van der Waals surface area contributed by atoms with Crippen molar-refractivity contribution in [1.82, 2.24) is 14.5 Å². The van der Waals surface area contributed by atoms with E-state index in [1.807, 2.05) is 13.8 Å². The third-order valence-corrected chi connectivity index (χ3v) is 3.07. The summed E-state index contributed by atoms with van der Waals surface area (Å²) >= 11 is 0. The first-order valence-corrected chi connectivity index (χ1v) is 6.02. The van der Waals surface area contributed by atoms with Crippen molar-refractivity contribution in [2.45, 2.75) is 20.4 Å². The Labute approximate surface area is 101 Å². The summed E-state index contributed by atoms with van der Waals surface area (Å²) in [6, 6.07) is 1.59. The Morgan fingerprint density at radius 3 is 2.65 bits per heavy atom. The first-order valence-electron chi connectivity index (χ1n) is 6.02. The predicted molar refractivity (Wildman–Crippen MR) is 65.2 cm³/mol. The van der Waals surface area contributed by atoms with E-state index >= 15 is 0 Å². The predicted octanol–water partition coefficient (Wildman–Crippen LogP) is 0.192. The van der Waals surface area contributed by atoms with Crippen LogP contribution in [0.2, 0.25) is 0 Å². The number of ether oxygens (including phenoxy) is 1. The van der Waals surface area contributed by atoms with E-state index in [1.54, 1.807) is 10.6 Å². The van der Waals surface area contributed by atoms with Crippen molar-refractivity contribution in [1.29, 1.82) is 0 Å². The van der Waals surface area contributed by atoms with Gasteiger partial charge in [-0.1, -0.05) is 0 Å². The highest BCUT2D eigenvalue weighted by atomic mass is 16.5. The van der Waals surface area contributed by atoms with E-state index in [-0.39, 0.29) is 5.56 Å². The van der Waals surface area contributed by atoms with E-state index in [0.717, 1.165) is 44.4 Å². The third kappa shape index (κ3) is 3.14. The zero-order chi connectivity index (χ0) is 12.3. The summed E-state index contributed by atoms with van der Waals surface area (Å²) in [6.07, 6.45) is 0. The first-order chi connectivity index (χ1) is 8.16. The van der Waals surface area contributed by atoms with Crippen molar-refractivity contribution in [3.63, 3.8) is 0 Å². The highest BCUT2D eigenvalue weighted by Gasteiger charge is 2.11. The molecule has 0 bridgehead atoms. The Hall–Kier alpha value is -1.20. The number of nitrogens with zero attached hydrogens (tertiary/aromatic N) is 3. The molecule has 1 saturated heterocycles. The molecule has 2 rings (SSSR count). The summed E-state index contributed by atoms with van der Waals surface area (Å²) in [5.41, 5.74) is 0.832. The minimum Gasteiger partial charge on any atom is -0.379 e. The molecule has 0 N–H and O–H groups in total. The molecule has 5 heteroatoms. The molecule has 1 aromatic heterocycles. The molecule has 0 spiro atoms. The van der Waals surface area contributed by atoms with Gasteiger partial charge in [-0.3, -0.25) is 14.3 Å². The molecule has 0 radical (unpaired) electrons. The Bertz CT molecular complexity index is 436. The lowest BCUT2D eigenvalue weighted by Crippen LogP contribution is -2.39. The van der Waals surface area contributed by atoms with Gasteiger partial charge in [0.1, 0.15) is 5.82 Å². The SMILES string of the molecule is Cc1cc(=O)n(CCN2CCOCC2)c(C)n1. The monoisotopic (exact) mass is 237 g/mol. The van der Waals surface area contributed by atoms with Crippen LogP contribution in [0.5, 0.6) is 0 Å². The van der Waals surface area contributed by atoms with E-state index in [0.29, 0.717) is 6.54 Å². The summed E-state index contributed by atoms with van der Waals surface area (Å²) < 4.78 is 7.03. The maximum Gasteiger partial charge on any atom is 0.253 e. The van der Waals surface area contributed by atoms with Gasteiger partial charge in [0.25, 0.3) is 5.56 Å². The van der Waals surface area contributed by atoms with Crippen LogP contribution in [0.3, 0.4) is 0 Å². The summed E-state index contributed by atoms with van der Waals surface area (Å²) in [5.74, 6) is 0.795. The standard InChI is InChI=1S/C12H19N3O2/c1-10-9-12(16)15(11(2)13-10)4-3-14-5-7-17-8-6-14/h9H,3-8H2,1-2H3. The van der Waals surface area contributed by atoms with Gasteiger partial charge < -0.3 is 4.74 Å². The lowest BCUT2D eigenvalue weighted by Gasteiger charge is -2.26. The number of aromatic nitrogens is 2. The summed E-state index contributed by atoms with van der Waals surface area (Å²) in [6.45, 7) is 8.81. The third-order valence-electron chi connectivity index (χ3n) is 3.07. The largest absolute Gasteiger partial charge is 0.379 e. The molecule has 1 aliphatic rings. The van der Waals surface area contributed by atoms with E-state index < -0.39 is 0 Å². The molecule has 0 amide bonds. The van der Waals surface area contributed by atoms with Gasteiger partial charge in [-0.2, -0.15) is 0 Å². The highest BCUT2D eigenvalue weighted by molar-refractivity contribution is 5.01. The van der Waals surface area contributed by atoms with Crippen LogP contribution in [0.1, 0.15) is 11.5 Å². The van der Waals surface area contributed by atoms with E-state index in [9.17, 15) is 4.79 Å². The molecular formula is C12H19N3O2. The maximum atomic E-state index is 11.8. The number of aryl methyl sites for hydroxylation is 2.